The van der Waals surface area contributed by atoms with Gasteiger partial charge in [-0.15, -0.1) is 0 Å². The summed E-state index contributed by atoms with van der Waals surface area (Å²) in [6, 6.07) is 0.362. The molecule has 2 rings (SSSR count). The number of sulfone groups is 1. The first-order chi connectivity index (χ1) is 10.1. The first-order valence-corrected chi connectivity index (χ1v) is 9.51. The molecular formula is C15H26N2O4S. The highest BCUT2D eigenvalue weighted by Crippen LogP contribution is 2.21. The smallest absolute Gasteiger partial charge is 0.407 e. The number of rotatable bonds is 3. The SMILES string of the molecule is CC(C)(C)OC(=O)NC1CCC(NC2C=CS(=O)(=O)C2)CC1. The molecule has 2 aliphatic rings. The topological polar surface area (TPSA) is 84.5 Å². The van der Waals surface area contributed by atoms with Gasteiger partial charge in [0.25, 0.3) is 0 Å². The fourth-order valence-electron chi connectivity index (χ4n) is 2.86. The summed E-state index contributed by atoms with van der Waals surface area (Å²) in [7, 11) is -3.01. The van der Waals surface area contributed by atoms with Crippen LogP contribution in [-0.2, 0) is 14.6 Å². The second-order valence-electron chi connectivity index (χ2n) is 7.13. The van der Waals surface area contributed by atoms with Gasteiger partial charge in [0.2, 0.25) is 0 Å². The zero-order chi connectivity index (χ0) is 16.4. The molecule has 1 fully saturated rings. The van der Waals surface area contributed by atoms with Crippen LogP contribution >= 0.6 is 0 Å². The number of amides is 1. The number of hydrogen-bond donors (Lipinski definition) is 2. The van der Waals surface area contributed by atoms with E-state index in [1.807, 2.05) is 20.8 Å². The van der Waals surface area contributed by atoms with Gasteiger partial charge >= 0.3 is 6.09 Å². The quantitative estimate of drug-likeness (QED) is 0.823. The molecule has 7 heteroatoms. The molecule has 0 aromatic heterocycles. The van der Waals surface area contributed by atoms with Crippen LogP contribution in [-0.4, -0.2) is 44.0 Å². The van der Waals surface area contributed by atoms with Gasteiger partial charge in [-0.05, 0) is 46.5 Å². The zero-order valence-electron chi connectivity index (χ0n) is 13.5. The van der Waals surface area contributed by atoms with E-state index in [1.54, 1.807) is 6.08 Å². The normalized spacial score (nSPS) is 31.0. The molecule has 0 spiro atoms. The van der Waals surface area contributed by atoms with Crippen molar-refractivity contribution in [2.45, 2.75) is 70.2 Å². The highest BCUT2D eigenvalue weighted by molar-refractivity contribution is 7.94. The maximum Gasteiger partial charge on any atom is 0.407 e. The Labute approximate surface area is 132 Å². The van der Waals surface area contributed by atoms with E-state index in [0.29, 0.717) is 6.04 Å². The van der Waals surface area contributed by atoms with Gasteiger partial charge in [0.1, 0.15) is 5.60 Å². The van der Waals surface area contributed by atoms with E-state index in [4.69, 9.17) is 4.74 Å². The van der Waals surface area contributed by atoms with Crippen LogP contribution in [0, 0.1) is 0 Å². The first-order valence-electron chi connectivity index (χ1n) is 7.79. The van der Waals surface area contributed by atoms with Gasteiger partial charge in [0.15, 0.2) is 9.84 Å². The van der Waals surface area contributed by atoms with E-state index in [0.717, 1.165) is 25.7 Å². The Morgan fingerprint density at radius 2 is 1.73 bits per heavy atom. The molecule has 1 atom stereocenters. The van der Waals surface area contributed by atoms with E-state index in [9.17, 15) is 13.2 Å². The fraction of sp³-hybridized carbons (Fsp3) is 0.800. The Bertz CT molecular complexity index is 528. The van der Waals surface area contributed by atoms with Crippen molar-refractivity contribution in [3.8, 4) is 0 Å². The summed E-state index contributed by atoms with van der Waals surface area (Å²) >= 11 is 0. The number of ether oxygens (including phenoxy) is 1. The Hall–Kier alpha value is -1.08. The zero-order valence-corrected chi connectivity index (χ0v) is 14.3. The molecule has 6 nitrogen and oxygen atoms in total. The fourth-order valence-corrected chi connectivity index (χ4v) is 4.11. The lowest BCUT2D eigenvalue weighted by molar-refractivity contribution is 0.0489. The van der Waals surface area contributed by atoms with E-state index in [1.165, 1.54) is 5.41 Å². The van der Waals surface area contributed by atoms with Crippen LogP contribution in [0.25, 0.3) is 0 Å². The summed E-state index contributed by atoms with van der Waals surface area (Å²) in [6.07, 6.45) is 4.95. The molecule has 0 aromatic carbocycles. The third kappa shape index (κ3) is 5.61. The molecule has 22 heavy (non-hydrogen) atoms. The van der Waals surface area contributed by atoms with Crippen LogP contribution in [0.5, 0.6) is 0 Å². The van der Waals surface area contributed by atoms with Crippen molar-refractivity contribution in [1.29, 1.82) is 0 Å². The third-order valence-electron chi connectivity index (χ3n) is 3.83. The molecule has 1 aliphatic heterocycles. The molecule has 126 valence electrons. The number of carbonyl (C=O) groups is 1. The van der Waals surface area contributed by atoms with Crippen LogP contribution in [0.4, 0.5) is 4.79 Å². The largest absolute Gasteiger partial charge is 0.444 e. The molecule has 0 bridgehead atoms. The van der Waals surface area contributed by atoms with Crippen molar-refractivity contribution in [3.05, 3.63) is 11.5 Å². The second-order valence-corrected chi connectivity index (χ2v) is 9.06. The van der Waals surface area contributed by atoms with Gasteiger partial charge in [-0.3, -0.25) is 0 Å². The molecule has 1 unspecified atom stereocenters. The van der Waals surface area contributed by atoms with Crippen molar-refractivity contribution >= 4 is 15.9 Å². The Kier molecular flexibility index (Phi) is 5.17. The van der Waals surface area contributed by atoms with Crippen molar-refractivity contribution in [2.24, 2.45) is 0 Å². The van der Waals surface area contributed by atoms with E-state index in [2.05, 4.69) is 10.6 Å². The number of carbonyl (C=O) groups excluding carboxylic acids is 1. The van der Waals surface area contributed by atoms with E-state index >= 15 is 0 Å². The Morgan fingerprint density at radius 3 is 2.23 bits per heavy atom. The maximum atomic E-state index is 11.7. The monoisotopic (exact) mass is 330 g/mol. The van der Waals surface area contributed by atoms with Crippen molar-refractivity contribution < 1.29 is 17.9 Å². The third-order valence-corrected chi connectivity index (χ3v) is 5.22. The summed E-state index contributed by atoms with van der Waals surface area (Å²) in [4.78, 5) is 11.7. The standard InChI is InChI=1S/C15H26N2O4S/c1-15(2,3)21-14(18)17-12-6-4-11(5-7-12)16-13-8-9-22(19,20)10-13/h8-9,11-13,16H,4-7,10H2,1-3H3,(H,17,18). The molecule has 0 saturated heterocycles. The number of nitrogens with one attached hydrogen (secondary N) is 2. The molecule has 1 heterocycles. The molecule has 0 aromatic rings. The summed E-state index contributed by atoms with van der Waals surface area (Å²) in [5.41, 5.74) is -0.483. The predicted octanol–water partition coefficient (Wildman–Crippen LogP) is 1.72. The minimum atomic E-state index is -3.01. The lowest BCUT2D eigenvalue weighted by Gasteiger charge is -2.31. The highest BCUT2D eigenvalue weighted by atomic mass is 32.2. The maximum absolute atomic E-state index is 11.7. The van der Waals surface area contributed by atoms with Crippen molar-refractivity contribution in [3.63, 3.8) is 0 Å². The summed E-state index contributed by atoms with van der Waals surface area (Å²) in [5.74, 6) is 0.156. The van der Waals surface area contributed by atoms with E-state index in [-0.39, 0.29) is 23.9 Å². The van der Waals surface area contributed by atoms with Crippen molar-refractivity contribution in [1.82, 2.24) is 10.6 Å². The van der Waals surface area contributed by atoms with Crippen LogP contribution in [0.1, 0.15) is 46.5 Å². The van der Waals surface area contributed by atoms with Crippen LogP contribution in [0.15, 0.2) is 11.5 Å². The van der Waals surface area contributed by atoms with Crippen LogP contribution in [0.3, 0.4) is 0 Å². The van der Waals surface area contributed by atoms with Crippen LogP contribution in [0.2, 0.25) is 0 Å². The molecule has 2 N–H and O–H groups in total. The Balaban J connectivity index is 1.70. The van der Waals surface area contributed by atoms with E-state index < -0.39 is 15.4 Å². The molecule has 1 saturated carbocycles. The molecule has 1 aliphatic carbocycles. The molecule has 0 radical (unpaired) electrons. The van der Waals surface area contributed by atoms with Gasteiger partial charge < -0.3 is 15.4 Å². The van der Waals surface area contributed by atoms with Gasteiger partial charge in [-0.2, -0.15) is 0 Å². The van der Waals surface area contributed by atoms with Gasteiger partial charge in [0.05, 0.1) is 5.75 Å². The molecule has 1 amide bonds. The predicted molar refractivity (Wildman–Crippen MR) is 85.3 cm³/mol. The molecular weight excluding hydrogens is 304 g/mol. The van der Waals surface area contributed by atoms with Gasteiger partial charge in [-0.25, -0.2) is 13.2 Å². The summed E-state index contributed by atoms with van der Waals surface area (Å²) < 4.78 is 28.0. The Morgan fingerprint density at radius 1 is 1.14 bits per heavy atom. The highest BCUT2D eigenvalue weighted by Gasteiger charge is 2.28. The minimum absolute atomic E-state index is 0.0784. The van der Waals surface area contributed by atoms with Crippen molar-refractivity contribution in [2.75, 3.05) is 5.75 Å². The van der Waals surface area contributed by atoms with Gasteiger partial charge in [0, 0.05) is 23.5 Å². The number of alkyl carbamates (subject to hydrolysis) is 1. The summed E-state index contributed by atoms with van der Waals surface area (Å²) in [6.45, 7) is 5.53. The van der Waals surface area contributed by atoms with Gasteiger partial charge in [-0.1, -0.05) is 6.08 Å². The minimum Gasteiger partial charge on any atom is -0.444 e. The second kappa shape index (κ2) is 6.58. The average molecular weight is 330 g/mol. The first kappa shape index (κ1) is 17.3. The lowest BCUT2D eigenvalue weighted by Crippen LogP contribution is -2.46. The number of hydrogen-bond acceptors (Lipinski definition) is 5. The summed E-state index contributed by atoms with van der Waals surface area (Å²) in [5, 5.41) is 7.57. The lowest BCUT2D eigenvalue weighted by atomic mass is 9.91. The average Bonchev–Trinajstić information content (AvgIpc) is 2.69. The van der Waals surface area contributed by atoms with Crippen LogP contribution < -0.4 is 10.6 Å².